The van der Waals surface area contributed by atoms with Crippen molar-refractivity contribution in [2.45, 2.75) is 25.5 Å². The molecule has 120 valence electrons. The van der Waals surface area contributed by atoms with E-state index in [1.165, 1.54) is 0 Å². The van der Waals surface area contributed by atoms with Gasteiger partial charge in [-0.05, 0) is 25.5 Å². The number of anilines is 1. The third-order valence-electron chi connectivity index (χ3n) is 3.52. The molecule has 2 unspecified atom stereocenters. The van der Waals surface area contributed by atoms with Gasteiger partial charge in [0.2, 0.25) is 11.8 Å². The summed E-state index contributed by atoms with van der Waals surface area (Å²) in [5.74, 6) is -0.224. The lowest BCUT2D eigenvalue weighted by atomic mass is 10.2. The maximum atomic E-state index is 12.2. The van der Waals surface area contributed by atoms with E-state index in [0.717, 1.165) is 0 Å². The summed E-state index contributed by atoms with van der Waals surface area (Å²) < 4.78 is 5.44. The predicted molar refractivity (Wildman–Crippen MR) is 81.4 cm³/mol. The Labute approximate surface area is 129 Å². The molecule has 2 atom stereocenters. The number of aliphatic hydroxyl groups is 1. The molecule has 1 saturated heterocycles. The van der Waals surface area contributed by atoms with E-state index in [2.05, 4.69) is 5.32 Å². The molecule has 0 radical (unpaired) electrons. The summed E-state index contributed by atoms with van der Waals surface area (Å²) in [5, 5.41) is 12.4. The quantitative estimate of drug-likeness (QED) is 0.683. The lowest BCUT2D eigenvalue weighted by molar-refractivity contribution is -0.123. The van der Waals surface area contributed by atoms with Crippen molar-refractivity contribution in [1.29, 1.82) is 0 Å². The number of β-amino-alcohol motifs (C(OH)–C–C–N with tert-alkyl or cyclic N) is 1. The molecule has 0 spiro atoms. The van der Waals surface area contributed by atoms with E-state index in [1.807, 2.05) is 13.0 Å². The number of amides is 2. The Morgan fingerprint density at radius 1 is 1.45 bits per heavy atom. The minimum absolute atomic E-state index is 0.00880. The molecular formula is C15H21N3O4. The highest BCUT2D eigenvalue weighted by Gasteiger charge is 2.35. The van der Waals surface area contributed by atoms with Gasteiger partial charge in [0, 0.05) is 6.54 Å². The van der Waals surface area contributed by atoms with Crippen molar-refractivity contribution in [3.8, 4) is 5.75 Å². The highest BCUT2D eigenvalue weighted by atomic mass is 16.5. The summed E-state index contributed by atoms with van der Waals surface area (Å²) in [7, 11) is 0. The van der Waals surface area contributed by atoms with Gasteiger partial charge < -0.3 is 20.9 Å². The molecular weight excluding hydrogens is 286 g/mol. The molecule has 2 amide bonds. The van der Waals surface area contributed by atoms with Crippen LogP contribution in [0.15, 0.2) is 24.3 Å². The smallest absolute Gasteiger partial charge is 0.238 e. The first-order chi connectivity index (χ1) is 10.5. The summed E-state index contributed by atoms with van der Waals surface area (Å²) in [5.41, 5.74) is 5.87. The second-order valence-corrected chi connectivity index (χ2v) is 5.21. The minimum Gasteiger partial charge on any atom is -0.492 e. The molecule has 1 aliphatic heterocycles. The van der Waals surface area contributed by atoms with E-state index in [4.69, 9.17) is 10.5 Å². The van der Waals surface area contributed by atoms with E-state index < -0.39 is 18.1 Å². The molecule has 22 heavy (non-hydrogen) atoms. The van der Waals surface area contributed by atoms with Gasteiger partial charge in [-0.25, -0.2) is 0 Å². The van der Waals surface area contributed by atoms with Crippen LogP contribution in [0.4, 0.5) is 5.69 Å². The summed E-state index contributed by atoms with van der Waals surface area (Å²) in [6.45, 7) is 2.61. The second-order valence-electron chi connectivity index (χ2n) is 5.21. The maximum Gasteiger partial charge on any atom is 0.238 e. The monoisotopic (exact) mass is 307 g/mol. The number of nitrogens with two attached hydrogens (primary N) is 1. The summed E-state index contributed by atoms with van der Waals surface area (Å²) in [6.07, 6.45) is -0.376. The van der Waals surface area contributed by atoms with Crippen LogP contribution >= 0.6 is 0 Å². The number of hydrogen-bond donors (Lipinski definition) is 3. The number of carbonyl (C=O) groups excluding carboxylic acids is 2. The van der Waals surface area contributed by atoms with Crippen LogP contribution in [-0.2, 0) is 9.59 Å². The number of likely N-dealkylation sites (tertiary alicyclic amines) is 1. The Hall–Kier alpha value is -2.12. The summed E-state index contributed by atoms with van der Waals surface area (Å²) in [4.78, 5) is 25.1. The minimum atomic E-state index is -0.638. The number of nitrogens with one attached hydrogen (secondary N) is 1. The number of ether oxygens (including phenoxy) is 1. The van der Waals surface area contributed by atoms with Crippen molar-refractivity contribution in [2.24, 2.45) is 5.73 Å². The number of carbonyl (C=O) groups is 2. The van der Waals surface area contributed by atoms with Crippen LogP contribution in [0, 0.1) is 0 Å². The highest BCUT2D eigenvalue weighted by molar-refractivity contribution is 5.94. The van der Waals surface area contributed by atoms with Gasteiger partial charge in [-0.1, -0.05) is 12.1 Å². The average molecular weight is 307 g/mol. The number of rotatable bonds is 6. The molecule has 7 nitrogen and oxygen atoms in total. The van der Waals surface area contributed by atoms with Crippen molar-refractivity contribution < 1.29 is 19.4 Å². The first-order valence-corrected chi connectivity index (χ1v) is 7.24. The molecule has 1 heterocycles. The number of benzene rings is 1. The standard InChI is InChI=1S/C15H21N3O4/c1-2-22-13-6-4-3-5-11(13)17-14(20)9-18-8-10(19)7-12(18)15(16)21/h3-6,10,12,19H,2,7-9H2,1H3,(H2,16,21)(H,17,20). The number of nitrogens with zero attached hydrogens (tertiary/aromatic N) is 1. The zero-order valence-electron chi connectivity index (χ0n) is 12.5. The first-order valence-electron chi connectivity index (χ1n) is 7.24. The van der Waals surface area contributed by atoms with Crippen LogP contribution in [0.1, 0.15) is 13.3 Å². The van der Waals surface area contributed by atoms with Crippen molar-refractivity contribution in [3.63, 3.8) is 0 Å². The van der Waals surface area contributed by atoms with E-state index in [-0.39, 0.29) is 25.4 Å². The number of primary amides is 1. The van der Waals surface area contributed by atoms with Crippen molar-refractivity contribution in [3.05, 3.63) is 24.3 Å². The molecule has 4 N–H and O–H groups in total. The van der Waals surface area contributed by atoms with Crippen LogP contribution in [0.3, 0.4) is 0 Å². The SMILES string of the molecule is CCOc1ccccc1NC(=O)CN1CC(O)CC1C(N)=O. The largest absolute Gasteiger partial charge is 0.492 e. The maximum absolute atomic E-state index is 12.2. The van der Waals surface area contributed by atoms with Gasteiger partial charge in [0.1, 0.15) is 5.75 Å². The Kier molecular flexibility index (Phi) is 5.35. The van der Waals surface area contributed by atoms with Crippen LogP contribution in [0.25, 0.3) is 0 Å². The predicted octanol–water partition coefficient (Wildman–Crippen LogP) is -0.0557. The van der Waals surface area contributed by atoms with Crippen LogP contribution < -0.4 is 15.8 Å². The number of para-hydroxylation sites is 2. The van der Waals surface area contributed by atoms with Crippen molar-refractivity contribution in [2.75, 3.05) is 25.0 Å². The lowest BCUT2D eigenvalue weighted by Gasteiger charge is -2.21. The van der Waals surface area contributed by atoms with Crippen molar-refractivity contribution >= 4 is 17.5 Å². The van der Waals surface area contributed by atoms with E-state index in [9.17, 15) is 14.7 Å². The molecule has 0 aromatic heterocycles. The van der Waals surface area contributed by atoms with Crippen LogP contribution in [0.5, 0.6) is 5.75 Å². The number of aliphatic hydroxyl groups excluding tert-OH is 1. The van der Waals surface area contributed by atoms with Gasteiger partial charge in [-0.2, -0.15) is 0 Å². The third kappa shape index (κ3) is 3.96. The fraction of sp³-hybridized carbons (Fsp3) is 0.467. The molecule has 7 heteroatoms. The third-order valence-corrected chi connectivity index (χ3v) is 3.52. The van der Waals surface area contributed by atoms with Crippen LogP contribution in [0.2, 0.25) is 0 Å². The second kappa shape index (κ2) is 7.24. The molecule has 0 bridgehead atoms. The van der Waals surface area contributed by atoms with Gasteiger partial charge in [0.25, 0.3) is 0 Å². The lowest BCUT2D eigenvalue weighted by Crippen LogP contribution is -2.43. The zero-order chi connectivity index (χ0) is 16.1. The highest BCUT2D eigenvalue weighted by Crippen LogP contribution is 2.24. The molecule has 1 aromatic carbocycles. The van der Waals surface area contributed by atoms with Gasteiger partial charge in [0.05, 0.1) is 31.0 Å². The van der Waals surface area contributed by atoms with Crippen molar-refractivity contribution in [1.82, 2.24) is 4.90 Å². The number of hydrogen-bond acceptors (Lipinski definition) is 5. The van der Waals surface area contributed by atoms with Crippen LogP contribution in [-0.4, -0.2) is 53.7 Å². The zero-order valence-corrected chi connectivity index (χ0v) is 12.5. The summed E-state index contributed by atoms with van der Waals surface area (Å²) in [6, 6.07) is 6.52. The first kappa shape index (κ1) is 16.3. The molecule has 0 saturated carbocycles. The van der Waals surface area contributed by atoms with E-state index >= 15 is 0 Å². The average Bonchev–Trinajstić information content (AvgIpc) is 2.82. The molecule has 1 aromatic rings. The Bertz CT molecular complexity index is 549. The Balaban J connectivity index is 2.00. The van der Waals surface area contributed by atoms with Gasteiger partial charge in [-0.15, -0.1) is 0 Å². The van der Waals surface area contributed by atoms with Gasteiger partial charge in [0.15, 0.2) is 0 Å². The fourth-order valence-corrected chi connectivity index (χ4v) is 2.58. The van der Waals surface area contributed by atoms with E-state index in [0.29, 0.717) is 18.0 Å². The van der Waals surface area contributed by atoms with Gasteiger partial charge in [-0.3, -0.25) is 14.5 Å². The normalized spacial score (nSPS) is 21.5. The Morgan fingerprint density at radius 2 is 2.18 bits per heavy atom. The topological polar surface area (TPSA) is 105 Å². The van der Waals surface area contributed by atoms with Gasteiger partial charge >= 0.3 is 0 Å². The molecule has 1 fully saturated rings. The summed E-state index contributed by atoms with van der Waals surface area (Å²) >= 11 is 0. The molecule has 0 aliphatic carbocycles. The molecule has 2 rings (SSSR count). The van der Waals surface area contributed by atoms with E-state index in [1.54, 1.807) is 23.1 Å². The Morgan fingerprint density at radius 3 is 2.86 bits per heavy atom. The molecule has 1 aliphatic rings. The fourth-order valence-electron chi connectivity index (χ4n) is 2.58.